The molecule has 0 spiro atoms. The number of hydrogen-bond donors (Lipinski definition) is 1. The predicted molar refractivity (Wildman–Crippen MR) is 216 cm³/mol. The molecular formula is C43H40ClF7N8O5. The number of nitrogens with one attached hydrogen (secondary N) is 1. The van der Waals surface area contributed by atoms with Gasteiger partial charge in [-0.1, -0.05) is 93.0 Å². The van der Waals surface area contributed by atoms with E-state index in [0.29, 0.717) is 26.9 Å². The lowest BCUT2D eigenvalue weighted by molar-refractivity contribution is -0.155. The van der Waals surface area contributed by atoms with Gasteiger partial charge in [-0.15, -0.1) is 0 Å². The van der Waals surface area contributed by atoms with Crippen LogP contribution in [0, 0.1) is 17.3 Å². The standard InChI is InChI=1S/C43H40ClF7N8O5/c1-41(2,3)22-42(29-12-9-25(10-13-29)28-18-53-57(19-28)38(47)48)37(61)58(39(56-42)55-40(62)64-20-24-7-5-4-6-8-24)33(21-63-34(60)17-27-15-30(27)43(49,50)51)26-11-14-31(44)32(16-26)59-36(35(45)46)52-23-54-59/h4-14,16,18-19,23,27,30,33,35,38H,15,17,20-22H2,1-3H3,(H,55,56,62)/t27-,30+,33+,42+/m0/s1. The fourth-order valence-electron chi connectivity index (χ4n) is 7.63. The van der Waals surface area contributed by atoms with Crippen LogP contribution in [-0.4, -0.2) is 66.2 Å². The number of esters is 1. The molecule has 64 heavy (non-hydrogen) atoms. The molecule has 0 saturated heterocycles. The zero-order chi connectivity index (χ0) is 46.1. The third-order valence-corrected chi connectivity index (χ3v) is 11.0. The van der Waals surface area contributed by atoms with Gasteiger partial charge in [-0.05, 0) is 58.6 Å². The molecule has 0 unspecified atom stereocenters. The lowest BCUT2D eigenvalue weighted by Crippen LogP contribution is -2.49. The van der Waals surface area contributed by atoms with E-state index in [-0.39, 0.29) is 41.7 Å². The van der Waals surface area contributed by atoms with Gasteiger partial charge < -0.3 is 9.47 Å². The number of carbonyl (C=O) groups is 3. The number of benzene rings is 3. The van der Waals surface area contributed by atoms with E-state index in [2.05, 4.69) is 20.5 Å². The maximum Gasteiger partial charge on any atom is 0.414 e. The van der Waals surface area contributed by atoms with Gasteiger partial charge in [0.25, 0.3) is 12.3 Å². The van der Waals surface area contributed by atoms with Gasteiger partial charge in [0.15, 0.2) is 11.4 Å². The minimum absolute atomic E-state index is 0.0160. The molecule has 1 saturated carbocycles. The SMILES string of the molecule is CC(C)(C)C[C@]1(c2ccc(-c3cnn(C(F)F)c3)cc2)N=C(NC(=O)OCc2ccccc2)N([C@H](COC(=O)C[C@@H]2C[C@H]2C(F)(F)F)c2ccc(Cl)c(-n3ncnc3C(F)F)c2)C1=O. The Hall–Kier alpha value is -6.31. The molecule has 13 nitrogen and oxygen atoms in total. The van der Waals surface area contributed by atoms with Gasteiger partial charge in [-0.25, -0.2) is 32.9 Å². The number of aromatic nitrogens is 5. The highest BCUT2D eigenvalue weighted by Gasteiger charge is 2.57. The van der Waals surface area contributed by atoms with Crippen molar-refractivity contribution in [2.75, 3.05) is 6.61 Å². The van der Waals surface area contributed by atoms with Crippen molar-refractivity contribution in [3.05, 3.63) is 119 Å². The van der Waals surface area contributed by atoms with Crippen molar-refractivity contribution in [3.63, 3.8) is 0 Å². The Morgan fingerprint density at radius 3 is 2.30 bits per heavy atom. The molecule has 2 aromatic heterocycles. The summed E-state index contributed by atoms with van der Waals surface area (Å²) in [7, 11) is 0. The minimum atomic E-state index is -4.51. The average molecular weight is 917 g/mol. The van der Waals surface area contributed by atoms with Crippen molar-refractivity contribution in [1.82, 2.24) is 34.8 Å². The molecule has 3 aromatic carbocycles. The first-order valence-electron chi connectivity index (χ1n) is 19.8. The monoisotopic (exact) mass is 916 g/mol. The van der Waals surface area contributed by atoms with E-state index in [4.69, 9.17) is 26.1 Å². The fourth-order valence-corrected chi connectivity index (χ4v) is 7.83. The first kappa shape index (κ1) is 45.7. The predicted octanol–water partition coefficient (Wildman–Crippen LogP) is 9.75. The molecule has 1 aliphatic heterocycles. The first-order chi connectivity index (χ1) is 30.2. The smallest absolute Gasteiger partial charge is 0.414 e. The second-order valence-electron chi connectivity index (χ2n) is 16.5. The minimum Gasteiger partial charge on any atom is -0.463 e. The van der Waals surface area contributed by atoms with E-state index in [0.717, 1.165) is 22.1 Å². The molecule has 0 bridgehead atoms. The molecule has 1 aliphatic carbocycles. The maximum atomic E-state index is 15.5. The number of amides is 2. The fraction of sp³-hybridized carbons (Fsp3) is 0.372. The van der Waals surface area contributed by atoms with Gasteiger partial charge in [0, 0.05) is 18.2 Å². The lowest BCUT2D eigenvalue weighted by atomic mass is 9.75. The number of rotatable bonds is 14. The molecule has 3 heterocycles. The van der Waals surface area contributed by atoms with E-state index in [1.165, 1.54) is 24.4 Å². The number of aliphatic imine (C=N–C) groups is 1. The van der Waals surface area contributed by atoms with Crippen molar-refractivity contribution in [1.29, 1.82) is 0 Å². The molecule has 338 valence electrons. The summed E-state index contributed by atoms with van der Waals surface area (Å²) < 4.78 is 108. The quantitative estimate of drug-likeness (QED) is 0.0857. The highest BCUT2D eigenvalue weighted by atomic mass is 35.5. The third-order valence-electron chi connectivity index (χ3n) is 10.6. The number of nitrogens with zero attached hydrogens (tertiary/aromatic N) is 7. The molecular weight excluding hydrogens is 877 g/mol. The normalized spacial score (nSPS) is 19.2. The van der Waals surface area contributed by atoms with Gasteiger partial charge >= 0.3 is 24.8 Å². The van der Waals surface area contributed by atoms with E-state index in [1.54, 1.807) is 54.6 Å². The Morgan fingerprint density at radius 2 is 1.67 bits per heavy atom. The number of hydrogen-bond acceptors (Lipinski definition) is 9. The van der Waals surface area contributed by atoms with Crippen LogP contribution in [0.4, 0.5) is 35.5 Å². The van der Waals surface area contributed by atoms with E-state index in [1.807, 2.05) is 20.8 Å². The van der Waals surface area contributed by atoms with Gasteiger partial charge in [0.2, 0.25) is 5.96 Å². The topological polar surface area (TPSA) is 146 Å². The van der Waals surface area contributed by atoms with Crippen LogP contribution in [0.25, 0.3) is 16.8 Å². The van der Waals surface area contributed by atoms with Crippen LogP contribution in [-0.2, 0) is 31.2 Å². The van der Waals surface area contributed by atoms with Crippen LogP contribution >= 0.6 is 11.6 Å². The summed E-state index contributed by atoms with van der Waals surface area (Å²) in [6, 6.07) is 17.5. The van der Waals surface area contributed by atoms with Gasteiger partial charge in [0.05, 0.1) is 28.9 Å². The highest BCUT2D eigenvalue weighted by molar-refractivity contribution is 6.32. The van der Waals surface area contributed by atoms with Crippen LogP contribution in [0.1, 0.15) is 81.6 Å². The maximum absolute atomic E-state index is 15.5. The van der Waals surface area contributed by atoms with Crippen molar-refractivity contribution in [3.8, 4) is 16.8 Å². The van der Waals surface area contributed by atoms with Crippen LogP contribution < -0.4 is 5.32 Å². The van der Waals surface area contributed by atoms with Crippen LogP contribution in [0.5, 0.6) is 0 Å². The molecule has 0 radical (unpaired) electrons. The van der Waals surface area contributed by atoms with Crippen molar-refractivity contribution >= 4 is 35.5 Å². The Balaban J connectivity index is 1.33. The van der Waals surface area contributed by atoms with Crippen molar-refractivity contribution < 1.29 is 54.6 Å². The Labute approximate surface area is 366 Å². The molecule has 1 N–H and O–H groups in total. The highest BCUT2D eigenvalue weighted by Crippen LogP contribution is 2.52. The zero-order valence-electron chi connectivity index (χ0n) is 34.3. The summed E-state index contributed by atoms with van der Waals surface area (Å²) >= 11 is 6.52. The molecule has 7 rings (SSSR count). The Bertz CT molecular complexity index is 2530. The van der Waals surface area contributed by atoms with Crippen LogP contribution in [0.3, 0.4) is 0 Å². The van der Waals surface area contributed by atoms with Gasteiger partial charge in [0.1, 0.15) is 19.5 Å². The molecule has 4 atom stereocenters. The van der Waals surface area contributed by atoms with Gasteiger partial charge in [-0.2, -0.15) is 32.1 Å². The number of alkyl carbamates (subject to hydrolysis) is 1. The van der Waals surface area contributed by atoms with Crippen molar-refractivity contribution in [2.24, 2.45) is 22.2 Å². The summed E-state index contributed by atoms with van der Waals surface area (Å²) in [5.74, 6) is -5.66. The molecule has 2 amide bonds. The van der Waals surface area contributed by atoms with Crippen molar-refractivity contribution in [2.45, 2.75) is 77.4 Å². The molecule has 21 heteroatoms. The second-order valence-corrected chi connectivity index (χ2v) is 17.0. The summed E-state index contributed by atoms with van der Waals surface area (Å²) in [6.45, 7) is 1.70. The molecule has 1 fully saturated rings. The first-order valence-corrected chi connectivity index (χ1v) is 20.2. The van der Waals surface area contributed by atoms with E-state index < -0.39 is 84.8 Å². The van der Waals surface area contributed by atoms with Crippen LogP contribution in [0.15, 0.2) is 96.5 Å². The van der Waals surface area contributed by atoms with Gasteiger partial charge in [-0.3, -0.25) is 19.8 Å². The van der Waals surface area contributed by atoms with E-state index in [9.17, 15) is 40.3 Å². The average Bonchev–Trinajstić information content (AvgIpc) is 3.52. The summed E-state index contributed by atoms with van der Waals surface area (Å²) in [5, 5.41) is 10.1. The summed E-state index contributed by atoms with van der Waals surface area (Å²) in [6.07, 6.45) is -6.26. The number of carbonyl (C=O) groups excluding carboxylic acids is 3. The van der Waals surface area contributed by atoms with Crippen LogP contribution in [0.2, 0.25) is 5.02 Å². The number of alkyl halides is 7. The summed E-state index contributed by atoms with van der Waals surface area (Å²) in [5.41, 5.74) is -0.848. The Kier molecular flexibility index (Phi) is 12.9. The third kappa shape index (κ3) is 10.1. The second kappa shape index (κ2) is 18.1. The number of ether oxygens (including phenoxy) is 2. The number of halogens is 8. The number of guanidine groups is 1. The Morgan fingerprint density at radius 1 is 0.953 bits per heavy atom. The molecule has 2 aliphatic rings. The summed E-state index contributed by atoms with van der Waals surface area (Å²) in [4.78, 5) is 52.0. The largest absolute Gasteiger partial charge is 0.463 e. The molecule has 5 aromatic rings. The zero-order valence-corrected chi connectivity index (χ0v) is 35.0. The van der Waals surface area contributed by atoms with E-state index >= 15 is 4.79 Å². The lowest BCUT2D eigenvalue weighted by Gasteiger charge is -2.35.